The molecule has 0 bridgehead atoms. The number of pyridine rings is 1. The predicted octanol–water partition coefficient (Wildman–Crippen LogP) is 5.43. The Morgan fingerprint density at radius 3 is 2.65 bits per heavy atom. The average molecular weight is 348 g/mol. The summed E-state index contributed by atoms with van der Waals surface area (Å²) in [5.74, 6) is 0.538. The van der Waals surface area contributed by atoms with Gasteiger partial charge in [-0.2, -0.15) is 0 Å². The van der Waals surface area contributed by atoms with Crippen LogP contribution in [0.2, 0.25) is 10.0 Å². The highest BCUT2D eigenvalue weighted by molar-refractivity contribution is 6.36. The number of aromatic nitrogens is 1. The number of fused-ring (bicyclic) bond motifs is 1. The SMILES string of the molecule is CCOc1cc(Cl)c(-c2cc3c(C)cccn3c2C=O)cc1Cl. The highest BCUT2D eigenvalue weighted by atomic mass is 35.5. The van der Waals surface area contributed by atoms with Crippen molar-refractivity contribution in [3.05, 3.63) is 57.8 Å². The van der Waals surface area contributed by atoms with Gasteiger partial charge in [-0.05, 0) is 37.6 Å². The smallest absolute Gasteiger partial charge is 0.167 e. The molecule has 2 heterocycles. The number of halogens is 2. The van der Waals surface area contributed by atoms with Gasteiger partial charge in [-0.15, -0.1) is 0 Å². The van der Waals surface area contributed by atoms with Crippen LogP contribution in [0.15, 0.2) is 36.5 Å². The second-order valence-electron chi connectivity index (χ2n) is 5.20. The molecule has 3 rings (SSSR count). The maximum atomic E-state index is 11.6. The van der Waals surface area contributed by atoms with Crippen LogP contribution in [0, 0.1) is 6.92 Å². The molecule has 0 spiro atoms. The van der Waals surface area contributed by atoms with Gasteiger partial charge in [0.2, 0.25) is 0 Å². The quantitative estimate of drug-likeness (QED) is 0.589. The molecule has 0 unspecified atom stereocenters. The Balaban J connectivity index is 2.27. The van der Waals surface area contributed by atoms with E-state index in [1.807, 2.05) is 42.6 Å². The van der Waals surface area contributed by atoms with Gasteiger partial charge in [0.25, 0.3) is 0 Å². The number of hydrogen-bond donors (Lipinski definition) is 0. The van der Waals surface area contributed by atoms with Crippen molar-refractivity contribution in [3.8, 4) is 16.9 Å². The summed E-state index contributed by atoms with van der Waals surface area (Å²) >= 11 is 12.7. The fourth-order valence-corrected chi connectivity index (χ4v) is 3.17. The lowest BCUT2D eigenvalue weighted by Crippen LogP contribution is -1.95. The third-order valence-electron chi connectivity index (χ3n) is 3.78. The van der Waals surface area contributed by atoms with E-state index in [9.17, 15) is 4.79 Å². The Morgan fingerprint density at radius 1 is 1.17 bits per heavy atom. The maximum Gasteiger partial charge on any atom is 0.167 e. The van der Waals surface area contributed by atoms with Crippen LogP contribution < -0.4 is 4.74 Å². The van der Waals surface area contributed by atoms with Crippen molar-refractivity contribution < 1.29 is 9.53 Å². The Bertz CT molecular complexity index is 900. The fraction of sp³-hybridized carbons (Fsp3) is 0.167. The van der Waals surface area contributed by atoms with E-state index in [4.69, 9.17) is 27.9 Å². The van der Waals surface area contributed by atoms with Gasteiger partial charge in [-0.1, -0.05) is 29.3 Å². The van der Waals surface area contributed by atoms with E-state index in [2.05, 4.69) is 0 Å². The Labute approximate surface area is 144 Å². The van der Waals surface area contributed by atoms with Crippen LogP contribution in [0.25, 0.3) is 16.6 Å². The first kappa shape index (κ1) is 15.9. The van der Waals surface area contributed by atoms with Crippen molar-refractivity contribution in [2.75, 3.05) is 6.61 Å². The molecule has 0 aliphatic heterocycles. The van der Waals surface area contributed by atoms with Crippen LogP contribution in [-0.4, -0.2) is 17.3 Å². The molecule has 0 saturated heterocycles. The molecule has 3 aromatic rings. The molecular formula is C18H15Cl2NO2. The summed E-state index contributed by atoms with van der Waals surface area (Å²) in [7, 11) is 0. The van der Waals surface area contributed by atoms with Crippen molar-refractivity contribution in [2.24, 2.45) is 0 Å². The molecule has 0 saturated carbocycles. The zero-order valence-corrected chi connectivity index (χ0v) is 14.3. The first-order valence-corrected chi connectivity index (χ1v) is 8.00. The van der Waals surface area contributed by atoms with Crippen LogP contribution in [0.5, 0.6) is 5.75 Å². The van der Waals surface area contributed by atoms with Gasteiger partial charge in [-0.25, -0.2) is 0 Å². The van der Waals surface area contributed by atoms with E-state index < -0.39 is 0 Å². The summed E-state index contributed by atoms with van der Waals surface area (Å²) < 4.78 is 7.31. The molecule has 0 N–H and O–H groups in total. The van der Waals surface area contributed by atoms with E-state index in [1.165, 1.54) is 0 Å². The summed E-state index contributed by atoms with van der Waals surface area (Å²) in [6, 6.07) is 9.29. The van der Waals surface area contributed by atoms with Crippen molar-refractivity contribution in [2.45, 2.75) is 13.8 Å². The van der Waals surface area contributed by atoms with Crippen LogP contribution in [0.1, 0.15) is 23.0 Å². The van der Waals surface area contributed by atoms with Crippen molar-refractivity contribution >= 4 is 35.0 Å². The normalized spacial score (nSPS) is 11.0. The lowest BCUT2D eigenvalue weighted by molar-refractivity contribution is 0.111. The van der Waals surface area contributed by atoms with E-state index in [0.29, 0.717) is 33.7 Å². The number of hydrogen-bond acceptors (Lipinski definition) is 2. The van der Waals surface area contributed by atoms with E-state index >= 15 is 0 Å². The molecule has 1 aromatic carbocycles. The summed E-state index contributed by atoms with van der Waals surface area (Å²) in [4.78, 5) is 11.6. The zero-order chi connectivity index (χ0) is 16.6. The monoisotopic (exact) mass is 347 g/mol. The second kappa shape index (κ2) is 6.26. The highest BCUT2D eigenvalue weighted by Gasteiger charge is 2.17. The van der Waals surface area contributed by atoms with Crippen LogP contribution in [0.4, 0.5) is 0 Å². The number of carbonyl (C=O) groups is 1. The van der Waals surface area contributed by atoms with E-state index in [1.54, 1.807) is 12.1 Å². The Morgan fingerprint density at radius 2 is 1.96 bits per heavy atom. The molecule has 3 nitrogen and oxygen atoms in total. The molecule has 0 amide bonds. The first-order valence-electron chi connectivity index (χ1n) is 7.25. The Hall–Kier alpha value is -1.97. The number of nitrogens with zero attached hydrogens (tertiary/aromatic N) is 1. The summed E-state index contributed by atoms with van der Waals surface area (Å²) in [6.07, 6.45) is 2.70. The molecule has 0 radical (unpaired) electrons. The minimum absolute atomic E-state index is 0.468. The first-order chi connectivity index (χ1) is 11.1. The fourth-order valence-electron chi connectivity index (χ4n) is 2.70. The number of ether oxygens (including phenoxy) is 1. The average Bonchev–Trinajstić information content (AvgIpc) is 2.90. The van der Waals surface area contributed by atoms with Crippen LogP contribution >= 0.6 is 23.2 Å². The summed E-state index contributed by atoms with van der Waals surface area (Å²) in [5.41, 5.74) is 4.06. The van der Waals surface area contributed by atoms with Crippen molar-refractivity contribution in [1.82, 2.24) is 4.40 Å². The number of carbonyl (C=O) groups excluding carboxylic acids is 1. The predicted molar refractivity (Wildman–Crippen MR) is 94.1 cm³/mol. The third-order valence-corrected chi connectivity index (χ3v) is 4.39. The van der Waals surface area contributed by atoms with Crippen LogP contribution in [-0.2, 0) is 0 Å². The molecule has 0 atom stereocenters. The summed E-state index contributed by atoms with van der Waals surface area (Å²) in [5, 5.41) is 0.963. The molecule has 0 aliphatic rings. The van der Waals surface area contributed by atoms with Gasteiger partial charge < -0.3 is 9.14 Å². The minimum Gasteiger partial charge on any atom is -0.492 e. The molecule has 23 heavy (non-hydrogen) atoms. The number of aryl methyl sites for hydroxylation is 1. The van der Waals surface area contributed by atoms with Gasteiger partial charge >= 0.3 is 0 Å². The minimum atomic E-state index is 0.468. The molecule has 118 valence electrons. The van der Waals surface area contributed by atoms with Crippen molar-refractivity contribution in [3.63, 3.8) is 0 Å². The van der Waals surface area contributed by atoms with Crippen LogP contribution in [0.3, 0.4) is 0 Å². The standard InChI is InChI=1S/C18H15Cl2NO2/c1-3-23-18-9-14(19)12(7-15(18)20)13-8-16-11(2)5-4-6-21(16)17(13)10-22/h4-10H,3H2,1-2H3. The topological polar surface area (TPSA) is 30.7 Å². The lowest BCUT2D eigenvalue weighted by atomic mass is 10.1. The van der Waals surface area contributed by atoms with Gasteiger partial charge in [0.05, 0.1) is 22.3 Å². The molecule has 0 fully saturated rings. The second-order valence-corrected chi connectivity index (χ2v) is 6.02. The van der Waals surface area contributed by atoms with E-state index in [0.717, 1.165) is 22.9 Å². The molecule has 5 heteroatoms. The van der Waals surface area contributed by atoms with Crippen molar-refractivity contribution in [1.29, 1.82) is 0 Å². The van der Waals surface area contributed by atoms with Gasteiger partial charge in [0, 0.05) is 28.9 Å². The number of aldehydes is 1. The lowest BCUT2D eigenvalue weighted by Gasteiger charge is -2.10. The largest absolute Gasteiger partial charge is 0.492 e. The Kier molecular flexibility index (Phi) is 4.33. The van der Waals surface area contributed by atoms with Gasteiger partial charge in [-0.3, -0.25) is 4.79 Å². The van der Waals surface area contributed by atoms with Gasteiger partial charge in [0.1, 0.15) is 5.75 Å². The maximum absolute atomic E-state index is 11.6. The molecular weight excluding hydrogens is 333 g/mol. The molecule has 2 aromatic heterocycles. The third kappa shape index (κ3) is 2.71. The summed E-state index contributed by atoms with van der Waals surface area (Å²) in [6.45, 7) is 4.39. The molecule has 0 aliphatic carbocycles. The van der Waals surface area contributed by atoms with E-state index in [-0.39, 0.29) is 0 Å². The number of benzene rings is 1. The highest BCUT2D eigenvalue weighted by Crippen LogP contribution is 2.39. The number of rotatable bonds is 4. The zero-order valence-electron chi connectivity index (χ0n) is 12.8. The van der Waals surface area contributed by atoms with Gasteiger partial charge in [0.15, 0.2) is 6.29 Å².